The molecule has 1 aliphatic heterocycles. The lowest BCUT2D eigenvalue weighted by molar-refractivity contribution is 0.0833. The molecule has 0 spiro atoms. The molecule has 0 atom stereocenters. The molecule has 0 radical (unpaired) electrons. The Balaban J connectivity index is 1.86. The molecule has 0 saturated heterocycles. The summed E-state index contributed by atoms with van der Waals surface area (Å²) in [6.07, 6.45) is 1.79. The van der Waals surface area contributed by atoms with Crippen LogP contribution in [0.2, 0.25) is 0 Å². The molecule has 0 saturated carbocycles. The number of rotatable bonds is 2. The molecule has 0 bridgehead atoms. The van der Waals surface area contributed by atoms with Gasteiger partial charge in [-0.15, -0.1) is 0 Å². The summed E-state index contributed by atoms with van der Waals surface area (Å²) in [5.74, 6) is 1.48. The van der Waals surface area contributed by atoms with Gasteiger partial charge in [-0.1, -0.05) is 0 Å². The van der Waals surface area contributed by atoms with E-state index in [1.165, 1.54) is 0 Å². The molecule has 6 heteroatoms. The number of hydrogen-bond acceptors (Lipinski definition) is 4. The fraction of sp³-hybridized carbons (Fsp3) is 0.400. The third kappa shape index (κ3) is 3.90. The summed E-state index contributed by atoms with van der Waals surface area (Å²) in [5, 5.41) is 2.98. The molecule has 2 heterocycles. The summed E-state index contributed by atoms with van der Waals surface area (Å²) in [6, 6.07) is 7.45. The third-order valence-corrected chi connectivity index (χ3v) is 4.35. The van der Waals surface area contributed by atoms with Crippen molar-refractivity contribution >= 4 is 11.7 Å². The van der Waals surface area contributed by atoms with Crippen molar-refractivity contribution in [2.75, 3.05) is 19.0 Å². The summed E-state index contributed by atoms with van der Waals surface area (Å²) in [5.41, 5.74) is 2.95. The van der Waals surface area contributed by atoms with Crippen molar-refractivity contribution in [3.05, 3.63) is 47.3 Å². The number of aromatic nitrogens is 1. The van der Waals surface area contributed by atoms with E-state index in [4.69, 9.17) is 9.47 Å². The van der Waals surface area contributed by atoms with Gasteiger partial charge in [0.1, 0.15) is 17.1 Å². The SMILES string of the molecule is COc1ccc2c(c1)OC(C)(C)CN(C(=O)Nc1cc(C)cnc1C)C2. The van der Waals surface area contributed by atoms with Crippen molar-refractivity contribution in [2.45, 2.75) is 39.8 Å². The number of ether oxygens (including phenoxy) is 2. The lowest BCUT2D eigenvalue weighted by atomic mass is 10.1. The molecule has 2 aromatic rings. The van der Waals surface area contributed by atoms with Crippen LogP contribution < -0.4 is 14.8 Å². The standard InChI is InChI=1S/C20H25N3O3/c1-13-8-17(14(2)21-10-13)22-19(24)23-11-15-6-7-16(25-5)9-18(15)26-20(3,4)12-23/h6-10H,11-12H2,1-5H3,(H,22,24). The Hall–Kier alpha value is -2.76. The van der Waals surface area contributed by atoms with Gasteiger partial charge >= 0.3 is 6.03 Å². The maximum absolute atomic E-state index is 12.9. The molecule has 0 unspecified atom stereocenters. The second kappa shape index (κ2) is 6.86. The van der Waals surface area contributed by atoms with Crippen LogP contribution in [0.3, 0.4) is 0 Å². The van der Waals surface area contributed by atoms with Crippen LogP contribution in [0.5, 0.6) is 11.5 Å². The predicted molar refractivity (Wildman–Crippen MR) is 101 cm³/mol. The van der Waals surface area contributed by atoms with E-state index >= 15 is 0 Å². The number of amides is 2. The first-order valence-electron chi connectivity index (χ1n) is 8.62. The van der Waals surface area contributed by atoms with E-state index in [1.54, 1.807) is 18.2 Å². The predicted octanol–water partition coefficient (Wildman–Crippen LogP) is 3.91. The minimum Gasteiger partial charge on any atom is -0.497 e. The molecular weight excluding hydrogens is 330 g/mol. The zero-order valence-electron chi connectivity index (χ0n) is 15.9. The molecule has 0 aliphatic carbocycles. The Morgan fingerprint density at radius 2 is 2.08 bits per heavy atom. The van der Waals surface area contributed by atoms with E-state index in [-0.39, 0.29) is 6.03 Å². The Morgan fingerprint density at radius 1 is 1.31 bits per heavy atom. The first kappa shape index (κ1) is 18.0. The molecule has 2 amide bonds. The average Bonchev–Trinajstić information content (AvgIpc) is 2.71. The zero-order chi connectivity index (χ0) is 18.9. The van der Waals surface area contributed by atoms with Crippen LogP contribution in [-0.4, -0.2) is 35.2 Å². The fourth-order valence-corrected chi connectivity index (χ4v) is 3.04. The van der Waals surface area contributed by atoms with Crippen LogP contribution in [0.4, 0.5) is 10.5 Å². The van der Waals surface area contributed by atoms with E-state index in [1.807, 2.05) is 52.0 Å². The highest BCUT2D eigenvalue weighted by Crippen LogP contribution is 2.32. The summed E-state index contributed by atoms with van der Waals surface area (Å²) in [7, 11) is 1.63. The summed E-state index contributed by atoms with van der Waals surface area (Å²) >= 11 is 0. The number of carbonyl (C=O) groups is 1. The zero-order valence-corrected chi connectivity index (χ0v) is 15.9. The Bertz CT molecular complexity index is 833. The fourth-order valence-electron chi connectivity index (χ4n) is 3.04. The van der Waals surface area contributed by atoms with Crippen molar-refractivity contribution in [1.82, 2.24) is 9.88 Å². The quantitative estimate of drug-likeness (QED) is 0.887. The second-order valence-corrected chi connectivity index (χ2v) is 7.27. The molecule has 3 rings (SSSR count). The van der Waals surface area contributed by atoms with Gasteiger partial charge in [0, 0.05) is 17.8 Å². The first-order chi connectivity index (χ1) is 12.3. The smallest absolute Gasteiger partial charge is 0.322 e. The van der Waals surface area contributed by atoms with Crippen molar-refractivity contribution in [1.29, 1.82) is 0 Å². The largest absolute Gasteiger partial charge is 0.497 e. The summed E-state index contributed by atoms with van der Waals surface area (Å²) < 4.78 is 11.4. The number of aryl methyl sites for hydroxylation is 2. The van der Waals surface area contributed by atoms with E-state index in [0.29, 0.717) is 13.1 Å². The van der Waals surface area contributed by atoms with Crippen LogP contribution >= 0.6 is 0 Å². The Labute approximate surface area is 154 Å². The number of nitrogens with one attached hydrogen (secondary N) is 1. The number of benzene rings is 1. The molecular formula is C20H25N3O3. The number of nitrogens with zero attached hydrogens (tertiary/aromatic N) is 2. The van der Waals surface area contributed by atoms with Crippen LogP contribution in [0.25, 0.3) is 0 Å². The number of methoxy groups -OCH3 is 1. The maximum atomic E-state index is 12.9. The van der Waals surface area contributed by atoms with Crippen LogP contribution in [0.1, 0.15) is 30.7 Å². The third-order valence-electron chi connectivity index (χ3n) is 4.35. The minimum absolute atomic E-state index is 0.166. The van der Waals surface area contributed by atoms with Gasteiger partial charge in [-0.2, -0.15) is 0 Å². The lowest BCUT2D eigenvalue weighted by Gasteiger charge is -2.29. The van der Waals surface area contributed by atoms with E-state index in [2.05, 4.69) is 10.3 Å². The molecule has 1 aliphatic rings. The van der Waals surface area contributed by atoms with Gasteiger partial charge in [0.2, 0.25) is 0 Å². The van der Waals surface area contributed by atoms with E-state index in [9.17, 15) is 4.79 Å². The molecule has 26 heavy (non-hydrogen) atoms. The lowest BCUT2D eigenvalue weighted by Crippen LogP contribution is -2.44. The van der Waals surface area contributed by atoms with Crippen molar-refractivity contribution in [3.8, 4) is 11.5 Å². The molecule has 6 nitrogen and oxygen atoms in total. The highest BCUT2D eigenvalue weighted by Gasteiger charge is 2.32. The van der Waals surface area contributed by atoms with E-state index < -0.39 is 5.60 Å². The normalized spacial score (nSPS) is 15.5. The second-order valence-electron chi connectivity index (χ2n) is 7.27. The van der Waals surface area contributed by atoms with Crippen molar-refractivity contribution in [2.24, 2.45) is 0 Å². The van der Waals surface area contributed by atoms with Crippen LogP contribution in [-0.2, 0) is 6.54 Å². The Morgan fingerprint density at radius 3 is 2.81 bits per heavy atom. The number of urea groups is 1. The number of pyridine rings is 1. The molecule has 0 fully saturated rings. The van der Waals surface area contributed by atoms with Gasteiger partial charge in [0.05, 0.1) is 31.6 Å². The van der Waals surface area contributed by atoms with Gasteiger partial charge in [-0.05, 0) is 51.5 Å². The topological polar surface area (TPSA) is 63.7 Å². The minimum atomic E-state index is -0.519. The average molecular weight is 355 g/mol. The highest BCUT2D eigenvalue weighted by atomic mass is 16.5. The number of carbonyl (C=O) groups excluding carboxylic acids is 1. The number of anilines is 1. The molecule has 1 aromatic carbocycles. The van der Waals surface area contributed by atoms with Crippen LogP contribution in [0, 0.1) is 13.8 Å². The van der Waals surface area contributed by atoms with Gasteiger partial charge in [0.15, 0.2) is 0 Å². The summed E-state index contributed by atoms with van der Waals surface area (Å²) in [4.78, 5) is 19.0. The van der Waals surface area contributed by atoms with Crippen molar-refractivity contribution < 1.29 is 14.3 Å². The molecule has 1 aromatic heterocycles. The monoisotopic (exact) mass is 355 g/mol. The van der Waals surface area contributed by atoms with Crippen LogP contribution in [0.15, 0.2) is 30.5 Å². The van der Waals surface area contributed by atoms with Gasteiger partial charge in [-0.3, -0.25) is 4.98 Å². The molecule has 138 valence electrons. The summed E-state index contributed by atoms with van der Waals surface area (Å²) in [6.45, 7) is 8.71. The van der Waals surface area contributed by atoms with E-state index in [0.717, 1.165) is 34.0 Å². The highest BCUT2D eigenvalue weighted by molar-refractivity contribution is 5.90. The number of fused-ring (bicyclic) bond motifs is 1. The molecule has 1 N–H and O–H groups in total. The first-order valence-corrected chi connectivity index (χ1v) is 8.62. The van der Waals surface area contributed by atoms with Crippen molar-refractivity contribution in [3.63, 3.8) is 0 Å². The van der Waals surface area contributed by atoms with Gasteiger partial charge in [0.25, 0.3) is 0 Å². The van der Waals surface area contributed by atoms with Gasteiger partial charge in [-0.25, -0.2) is 4.79 Å². The number of hydrogen-bond donors (Lipinski definition) is 1. The maximum Gasteiger partial charge on any atom is 0.322 e. The van der Waals surface area contributed by atoms with Gasteiger partial charge < -0.3 is 19.7 Å². The Kier molecular flexibility index (Phi) is 4.76.